The Morgan fingerprint density at radius 2 is 1.78 bits per heavy atom. The number of carbonyl (C=O) groups excluding carboxylic acids is 2. The van der Waals surface area contributed by atoms with Gasteiger partial charge in [0.1, 0.15) is 12.3 Å². The molecule has 0 spiro atoms. The Bertz CT molecular complexity index is 902. The molecule has 0 aliphatic heterocycles. The number of benzene rings is 2. The summed E-state index contributed by atoms with van der Waals surface area (Å²) < 4.78 is 15.8. The zero-order valence-electron chi connectivity index (χ0n) is 14.9. The van der Waals surface area contributed by atoms with E-state index in [1.807, 2.05) is 36.4 Å². The molecule has 0 bridgehead atoms. The summed E-state index contributed by atoms with van der Waals surface area (Å²) in [6.07, 6.45) is 0. The molecule has 0 radical (unpaired) electrons. The van der Waals surface area contributed by atoms with Crippen LogP contribution in [0.1, 0.15) is 10.5 Å². The van der Waals surface area contributed by atoms with Gasteiger partial charge >= 0.3 is 5.97 Å². The van der Waals surface area contributed by atoms with E-state index in [0.717, 1.165) is 10.9 Å². The van der Waals surface area contributed by atoms with Crippen LogP contribution in [0.15, 0.2) is 54.6 Å². The minimum Gasteiger partial charge on any atom is -0.493 e. The predicted octanol–water partition coefficient (Wildman–Crippen LogP) is 2.53. The number of ether oxygens (including phenoxy) is 3. The van der Waals surface area contributed by atoms with Crippen LogP contribution >= 0.6 is 0 Å². The van der Waals surface area contributed by atoms with Gasteiger partial charge in [0.25, 0.3) is 5.91 Å². The third-order valence-electron chi connectivity index (χ3n) is 3.84. The molecule has 1 heterocycles. The van der Waals surface area contributed by atoms with E-state index in [1.165, 1.54) is 0 Å². The van der Waals surface area contributed by atoms with Gasteiger partial charge in [0.2, 0.25) is 0 Å². The number of aromatic amines is 1. The van der Waals surface area contributed by atoms with Gasteiger partial charge in [-0.2, -0.15) is 0 Å². The normalized spacial score (nSPS) is 10.4. The molecule has 3 rings (SSSR count). The highest BCUT2D eigenvalue weighted by Gasteiger charge is 2.12. The number of carbonyl (C=O) groups is 2. The number of aromatic nitrogens is 1. The molecule has 3 aromatic rings. The van der Waals surface area contributed by atoms with Crippen LogP contribution in [0.25, 0.3) is 10.9 Å². The number of rotatable bonds is 8. The minimum absolute atomic E-state index is 0.266. The van der Waals surface area contributed by atoms with Gasteiger partial charge in [-0.1, -0.05) is 30.3 Å². The molecule has 0 aliphatic carbocycles. The van der Waals surface area contributed by atoms with Crippen molar-refractivity contribution in [2.45, 2.75) is 0 Å². The maximum atomic E-state index is 12.0. The number of para-hydroxylation sites is 3. The van der Waals surface area contributed by atoms with E-state index in [-0.39, 0.29) is 19.8 Å². The standard InChI is InChI=1S/C20H20N2O5/c1-25-17-8-4-5-9-18(17)26-11-10-21-19(23)13-27-20(24)16-12-14-6-2-3-7-15(14)22-16/h2-9,12,22H,10-11,13H2,1H3,(H,21,23). The molecule has 0 atom stereocenters. The summed E-state index contributed by atoms with van der Waals surface area (Å²) in [6, 6.07) is 16.4. The largest absolute Gasteiger partial charge is 0.493 e. The first-order valence-corrected chi connectivity index (χ1v) is 8.45. The van der Waals surface area contributed by atoms with Crippen LogP contribution in [0.5, 0.6) is 11.5 Å². The molecule has 1 aromatic heterocycles. The van der Waals surface area contributed by atoms with Crippen LogP contribution in [0.2, 0.25) is 0 Å². The Morgan fingerprint density at radius 1 is 1.04 bits per heavy atom. The smallest absolute Gasteiger partial charge is 0.355 e. The van der Waals surface area contributed by atoms with Crippen LogP contribution in [0.4, 0.5) is 0 Å². The number of fused-ring (bicyclic) bond motifs is 1. The van der Waals surface area contributed by atoms with E-state index in [9.17, 15) is 9.59 Å². The number of H-pyrrole nitrogens is 1. The Balaban J connectivity index is 1.40. The van der Waals surface area contributed by atoms with Gasteiger partial charge < -0.3 is 24.5 Å². The fourth-order valence-electron chi connectivity index (χ4n) is 2.53. The van der Waals surface area contributed by atoms with Gasteiger partial charge in [-0.3, -0.25) is 4.79 Å². The summed E-state index contributed by atoms with van der Waals surface area (Å²) in [4.78, 5) is 26.8. The first-order valence-electron chi connectivity index (χ1n) is 8.45. The second kappa shape index (κ2) is 8.75. The van der Waals surface area contributed by atoms with Crippen molar-refractivity contribution in [3.8, 4) is 11.5 Å². The van der Waals surface area contributed by atoms with Crippen LogP contribution in [-0.2, 0) is 9.53 Å². The van der Waals surface area contributed by atoms with Crippen molar-refractivity contribution in [3.05, 3.63) is 60.3 Å². The summed E-state index contributed by atoms with van der Waals surface area (Å²) in [5.74, 6) is 0.241. The van der Waals surface area contributed by atoms with Gasteiger partial charge in [0, 0.05) is 10.9 Å². The first-order chi connectivity index (χ1) is 13.2. The molecule has 0 saturated heterocycles. The first kappa shape index (κ1) is 18.3. The molecule has 0 aliphatic rings. The highest BCUT2D eigenvalue weighted by molar-refractivity contribution is 5.95. The van der Waals surface area contributed by atoms with Gasteiger partial charge in [-0.25, -0.2) is 4.79 Å². The molecule has 140 valence electrons. The van der Waals surface area contributed by atoms with Crippen molar-refractivity contribution < 1.29 is 23.8 Å². The Morgan fingerprint density at radius 3 is 2.56 bits per heavy atom. The zero-order chi connectivity index (χ0) is 19.1. The molecule has 0 fully saturated rings. The van der Waals surface area contributed by atoms with Crippen molar-refractivity contribution >= 4 is 22.8 Å². The van der Waals surface area contributed by atoms with Crippen LogP contribution in [-0.4, -0.2) is 43.7 Å². The SMILES string of the molecule is COc1ccccc1OCCNC(=O)COC(=O)c1cc2ccccc2[nH]1. The van der Waals surface area contributed by atoms with E-state index >= 15 is 0 Å². The van der Waals surface area contributed by atoms with Gasteiger partial charge in [0.15, 0.2) is 18.1 Å². The van der Waals surface area contributed by atoms with Crippen molar-refractivity contribution in [2.24, 2.45) is 0 Å². The number of nitrogens with one attached hydrogen (secondary N) is 2. The monoisotopic (exact) mass is 368 g/mol. The number of amides is 1. The van der Waals surface area contributed by atoms with Gasteiger partial charge in [-0.05, 0) is 24.3 Å². The number of hydrogen-bond donors (Lipinski definition) is 2. The average molecular weight is 368 g/mol. The van der Waals surface area contributed by atoms with Crippen LogP contribution < -0.4 is 14.8 Å². The molecule has 7 nitrogen and oxygen atoms in total. The van der Waals surface area contributed by atoms with Gasteiger partial charge in [-0.15, -0.1) is 0 Å². The zero-order valence-corrected chi connectivity index (χ0v) is 14.9. The summed E-state index contributed by atoms with van der Waals surface area (Å²) in [7, 11) is 1.56. The Hall–Kier alpha value is -3.48. The third kappa shape index (κ3) is 4.78. The molecule has 0 unspecified atom stereocenters. The van der Waals surface area contributed by atoms with E-state index < -0.39 is 11.9 Å². The summed E-state index contributed by atoms with van der Waals surface area (Å²) in [6.45, 7) is 0.186. The Kier molecular flexibility index (Phi) is 5.94. The topological polar surface area (TPSA) is 89.7 Å². The van der Waals surface area contributed by atoms with Crippen LogP contribution in [0.3, 0.4) is 0 Å². The lowest BCUT2D eigenvalue weighted by molar-refractivity contribution is -0.124. The number of methoxy groups -OCH3 is 1. The molecule has 1 amide bonds. The molecule has 27 heavy (non-hydrogen) atoms. The highest BCUT2D eigenvalue weighted by atomic mass is 16.5. The molecule has 0 saturated carbocycles. The lowest BCUT2D eigenvalue weighted by Crippen LogP contribution is -2.32. The molecular formula is C20H20N2O5. The maximum absolute atomic E-state index is 12.0. The van der Waals surface area contributed by atoms with E-state index in [4.69, 9.17) is 14.2 Å². The fraction of sp³-hybridized carbons (Fsp3) is 0.200. The predicted molar refractivity (Wildman–Crippen MR) is 100 cm³/mol. The van der Waals surface area contributed by atoms with Gasteiger partial charge in [0.05, 0.1) is 13.7 Å². The third-order valence-corrected chi connectivity index (χ3v) is 3.84. The van der Waals surface area contributed by atoms with Crippen molar-refractivity contribution in [1.82, 2.24) is 10.3 Å². The lowest BCUT2D eigenvalue weighted by atomic mass is 10.2. The molecule has 2 aromatic carbocycles. The number of hydrogen-bond acceptors (Lipinski definition) is 5. The molecular weight excluding hydrogens is 348 g/mol. The lowest BCUT2D eigenvalue weighted by Gasteiger charge is -2.10. The average Bonchev–Trinajstić information content (AvgIpc) is 3.14. The minimum atomic E-state index is -0.577. The van der Waals surface area contributed by atoms with Crippen molar-refractivity contribution in [1.29, 1.82) is 0 Å². The van der Waals surface area contributed by atoms with E-state index in [2.05, 4.69) is 10.3 Å². The quantitative estimate of drug-likeness (QED) is 0.471. The summed E-state index contributed by atoms with van der Waals surface area (Å²) >= 11 is 0. The molecule has 7 heteroatoms. The van der Waals surface area contributed by atoms with E-state index in [0.29, 0.717) is 17.2 Å². The van der Waals surface area contributed by atoms with Crippen molar-refractivity contribution in [2.75, 3.05) is 26.9 Å². The Labute approximate surface area is 156 Å². The second-order valence-electron chi connectivity index (χ2n) is 5.70. The van der Waals surface area contributed by atoms with Crippen molar-refractivity contribution in [3.63, 3.8) is 0 Å². The fourth-order valence-corrected chi connectivity index (χ4v) is 2.53. The van der Waals surface area contributed by atoms with Crippen LogP contribution in [0, 0.1) is 0 Å². The summed E-state index contributed by atoms with van der Waals surface area (Å²) in [5, 5.41) is 3.54. The van der Waals surface area contributed by atoms with E-state index in [1.54, 1.807) is 25.3 Å². The maximum Gasteiger partial charge on any atom is 0.355 e. The summed E-state index contributed by atoms with van der Waals surface area (Å²) in [5.41, 5.74) is 1.14. The highest BCUT2D eigenvalue weighted by Crippen LogP contribution is 2.25. The molecule has 2 N–H and O–H groups in total. The second-order valence-corrected chi connectivity index (χ2v) is 5.70. The number of esters is 1.